The quantitative estimate of drug-likeness (QED) is 0.115. The zero-order valence-corrected chi connectivity index (χ0v) is 36.0. The van der Waals surface area contributed by atoms with Gasteiger partial charge in [0, 0.05) is 94.8 Å². The fourth-order valence-corrected chi connectivity index (χ4v) is 6.20. The summed E-state index contributed by atoms with van der Waals surface area (Å²) in [6, 6.07) is 17.1. The first kappa shape index (κ1) is 49.9. The van der Waals surface area contributed by atoms with Gasteiger partial charge < -0.3 is 48.8 Å². The van der Waals surface area contributed by atoms with Crippen molar-refractivity contribution in [1.29, 1.82) is 0 Å². The molecule has 0 saturated carbocycles. The topological polar surface area (TPSA) is 24.5 Å². The zero-order chi connectivity index (χ0) is 32.4. The summed E-state index contributed by atoms with van der Waals surface area (Å²) in [5, 5.41) is 0. The molecule has 0 unspecified atom stereocenters. The van der Waals surface area contributed by atoms with Gasteiger partial charge in [-0.1, -0.05) is 48.6 Å². The van der Waals surface area contributed by atoms with Gasteiger partial charge in [0.15, 0.2) is 50.3 Å². The predicted octanol–water partition coefficient (Wildman–Crippen LogP) is -0.106. The van der Waals surface area contributed by atoms with E-state index in [1.165, 1.54) is 86.5 Å². The predicted molar refractivity (Wildman–Crippen MR) is 193 cm³/mol. The molecule has 0 bridgehead atoms. The van der Waals surface area contributed by atoms with Gasteiger partial charge in [0.2, 0.25) is 0 Å². The van der Waals surface area contributed by atoms with E-state index in [9.17, 15) is 0 Å². The molecule has 0 aliphatic heterocycles. The molecular formula is C43H53Cl2Fe2IN4. The molecule has 2 atom stereocenters. The third-order valence-corrected chi connectivity index (χ3v) is 9.04. The Kier molecular flexibility index (Phi) is 28.1. The Bertz CT molecular complexity index is 1570. The number of aryl methyl sites for hydroxylation is 1. The van der Waals surface area contributed by atoms with Crippen LogP contribution in [0, 0.1) is 11.8 Å². The van der Waals surface area contributed by atoms with Crippen LogP contribution in [0.4, 0.5) is 0 Å². The van der Waals surface area contributed by atoms with E-state index >= 15 is 0 Å². The second-order valence-corrected chi connectivity index (χ2v) is 12.9. The maximum Gasteiger partial charge on any atom is 0.169 e. The summed E-state index contributed by atoms with van der Waals surface area (Å²) >= 11 is 0. The number of aromatic nitrogens is 4. The Morgan fingerprint density at radius 3 is 1.15 bits per heavy atom. The second kappa shape index (κ2) is 29.3. The molecule has 4 aliphatic carbocycles. The molecule has 4 aliphatic rings. The van der Waals surface area contributed by atoms with Crippen LogP contribution in [-0.4, -0.2) is 4.98 Å². The molecule has 0 aromatic carbocycles. The fourth-order valence-electron chi connectivity index (χ4n) is 6.20. The maximum absolute atomic E-state index is 4.04. The monoisotopic (exact) mass is 934 g/mol. The summed E-state index contributed by atoms with van der Waals surface area (Å²) in [6.45, 7) is 2.19. The molecule has 0 radical (unpaired) electrons. The van der Waals surface area contributed by atoms with Crippen LogP contribution >= 0.6 is 0 Å². The molecular weight excluding hydrogens is 882 g/mol. The molecule has 4 nitrogen and oxygen atoms in total. The number of allylic oxidation sites excluding steroid dienone is 8. The molecule has 9 heteroatoms. The molecule has 4 heterocycles. The minimum atomic E-state index is 0. The van der Waals surface area contributed by atoms with E-state index in [-0.39, 0.29) is 82.9 Å². The van der Waals surface area contributed by atoms with Crippen molar-refractivity contribution in [2.75, 3.05) is 0 Å². The number of hydrogen-bond donors (Lipinski definition) is 0. The van der Waals surface area contributed by atoms with Crippen LogP contribution in [0.25, 0.3) is 22.3 Å². The number of pyridine rings is 4. The average molecular weight is 935 g/mol. The number of rotatable bonds is 6. The van der Waals surface area contributed by atoms with Crippen LogP contribution < -0.4 is 62.5 Å². The van der Waals surface area contributed by atoms with Crippen molar-refractivity contribution >= 4 is 0 Å². The fraction of sp³-hybridized carbons (Fsp3) is 0.349. The minimum absolute atomic E-state index is 0. The van der Waals surface area contributed by atoms with Gasteiger partial charge in [0.1, 0.15) is 7.05 Å². The summed E-state index contributed by atoms with van der Waals surface area (Å²) in [6.07, 6.45) is 47.9. The Morgan fingerprint density at radius 2 is 0.846 bits per heavy atom. The smallest absolute Gasteiger partial charge is 0.169 e. The number of halogens is 3. The Labute approximate surface area is 363 Å². The van der Waals surface area contributed by atoms with Crippen LogP contribution in [-0.2, 0) is 54.3 Å². The standard InChI is InChI=1S/C17H20N2.C16H17N2.2C5H8.2ClH.2Fe.HI/c1-18-10-6-16(7-11-18)17-8-12-19(13-9-17)14-15-4-2-3-5-15;1-2-4-14(3-1)13-18-11-7-16(8-12-18)15-5-9-17-10-6-15;2*1-2-4-5-3-1;;;;;/h2,4,6-13,15H,3,5,14H2,1H3;1,3,5-12,14H,2,4,13H2;2*1-2H,3-5H2;2*1H;;;1H/q+2;+1;;;;;;;/p-3/t15-;14-;;;;;;;/m11......./s1. The molecule has 8 rings (SSSR count). The van der Waals surface area contributed by atoms with Crippen LogP contribution in [0.3, 0.4) is 0 Å². The Balaban J connectivity index is 0.000000733. The van der Waals surface area contributed by atoms with E-state index in [1.807, 2.05) is 31.6 Å². The van der Waals surface area contributed by atoms with E-state index in [1.54, 1.807) is 0 Å². The molecule has 4 aromatic rings. The van der Waals surface area contributed by atoms with Gasteiger partial charge in [-0.05, 0) is 98.6 Å². The molecule has 0 saturated heterocycles. The molecule has 0 amide bonds. The van der Waals surface area contributed by atoms with E-state index in [0.29, 0.717) is 11.8 Å². The summed E-state index contributed by atoms with van der Waals surface area (Å²) in [4.78, 5) is 4.04. The van der Waals surface area contributed by atoms with Gasteiger partial charge in [-0.2, -0.15) is 0 Å². The normalized spacial score (nSPS) is 16.8. The van der Waals surface area contributed by atoms with E-state index in [2.05, 4.69) is 141 Å². The van der Waals surface area contributed by atoms with Gasteiger partial charge >= 0.3 is 0 Å². The largest absolute Gasteiger partial charge is 1.00 e. The summed E-state index contributed by atoms with van der Waals surface area (Å²) in [5.74, 6) is 1.42. The van der Waals surface area contributed by atoms with Crippen molar-refractivity contribution in [1.82, 2.24) is 4.98 Å². The maximum atomic E-state index is 4.04. The Morgan fingerprint density at radius 1 is 0.500 bits per heavy atom. The van der Waals surface area contributed by atoms with Gasteiger partial charge in [-0.25, -0.2) is 13.7 Å². The van der Waals surface area contributed by atoms with Gasteiger partial charge in [-0.3, -0.25) is 4.98 Å². The van der Waals surface area contributed by atoms with E-state index in [0.717, 1.165) is 13.1 Å². The van der Waals surface area contributed by atoms with Crippen LogP contribution in [0.5, 0.6) is 0 Å². The molecule has 52 heavy (non-hydrogen) atoms. The first-order chi connectivity index (χ1) is 23.2. The van der Waals surface area contributed by atoms with Crippen molar-refractivity contribution < 1.29 is 96.6 Å². The van der Waals surface area contributed by atoms with Crippen molar-refractivity contribution in [3.05, 3.63) is 147 Å². The first-order valence-electron chi connectivity index (χ1n) is 17.7. The number of hydrogen-bond acceptors (Lipinski definition) is 1. The molecule has 282 valence electrons. The van der Waals surface area contributed by atoms with Crippen LogP contribution in [0.15, 0.2) is 147 Å². The third-order valence-electron chi connectivity index (χ3n) is 9.04. The van der Waals surface area contributed by atoms with Crippen molar-refractivity contribution in [3.8, 4) is 22.3 Å². The molecule has 0 fully saturated rings. The van der Waals surface area contributed by atoms with Crippen molar-refractivity contribution in [2.45, 2.75) is 77.3 Å². The van der Waals surface area contributed by atoms with Gasteiger partial charge in [0.25, 0.3) is 0 Å². The molecule has 0 spiro atoms. The minimum Gasteiger partial charge on any atom is -1.00 e. The summed E-state index contributed by atoms with van der Waals surface area (Å²) < 4.78 is 6.61. The third kappa shape index (κ3) is 18.3. The number of nitrogens with zero attached hydrogens (tertiary/aromatic N) is 4. The van der Waals surface area contributed by atoms with Crippen LogP contribution in [0.1, 0.15) is 64.2 Å². The van der Waals surface area contributed by atoms with Crippen molar-refractivity contribution in [2.24, 2.45) is 18.9 Å². The summed E-state index contributed by atoms with van der Waals surface area (Å²) in [7, 11) is 2.04. The zero-order valence-electron chi connectivity index (χ0n) is 30.1. The summed E-state index contributed by atoms with van der Waals surface area (Å²) in [5.41, 5.74) is 5.01. The average Bonchev–Trinajstić information content (AvgIpc) is 3.97. The van der Waals surface area contributed by atoms with Gasteiger partial charge in [-0.15, -0.1) is 0 Å². The molecule has 4 aromatic heterocycles. The van der Waals surface area contributed by atoms with E-state index < -0.39 is 0 Å². The SMILES string of the molecule is C1=CCCC1.C1=CCCC1.C1=C[C@@H](C[n+]2ccc(-c3ccncc3)cc2)CC1.C[n+]1ccc(-c2cc[n+](C[C@@H]3C=CCC3)cc2)cc1.[Cl-].[Cl-].[Fe].[Fe].[I-]. The Hall–Kier alpha value is -2.09. The second-order valence-electron chi connectivity index (χ2n) is 12.9. The van der Waals surface area contributed by atoms with E-state index in [4.69, 9.17) is 0 Å². The molecule has 0 N–H and O–H groups in total. The van der Waals surface area contributed by atoms with Crippen LogP contribution in [0.2, 0.25) is 0 Å². The van der Waals surface area contributed by atoms with Gasteiger partial charge in [0.05, 0.1) is 0 Å². The van der Waals surface area contributed by atoms with Crippen molar-refractivity contribution in [3.63, 3.8) is 0 Å². The first-order valence-corrected chi connectivity index (χ1v) is 17.7.